The molecule has 1 aliphatic carbocycles. The molecule has 1 aromatic carbocycles. The fourth-order valence-electron chi connectivity index (χ4n) is 5.63. The largest absolute Gasteiger partial charge is 0.375 e. The second kappa shape index (κ2) is 11.2. The van der Waals surface area contributed by atoms with Crippen molar-refractivity contribution in [2.75, 3.05) is 17.2 Å². The quantitative estimate of drug-likeness (QED) is 0.198. The number of rotatable bonds is 8. The maximum Gasteiger partial charge on any atom is 0.293 e. The Hall–Kier alpha value is -4.25. The van der Waals surface area contributed by atoms with Crippen molar-refractivity contribution in [1.29, 1.82) is 0 Å². The highest BCUT2D eigenvalue weighted by Gasteiger charge is 2.55. The van der Waals surface area contributed by atoms with Crippen molar-refractivity contribution in [2.45, 2.75) is 53.1 Å². The van der Waals surface area contributed by atoms with Crippen LogP contribution in [0.2, 0.25) is 0 Å². The van der Waals surface area contributed by atoms with E-state index in [1.165, 1.54) is 6.92 Å². The zero-order valence-electron chi connectivity index (χ0n) is 24.2. The number of carbonyl (C=O) groups excluding carboxylic acids is 3. The van der Waals surface area contributed by atoms with E-state index in [1.807, 2.05) is 57.3 Å². The Kier molecular flexibility index (Phi) is 7.80. The zero-order chi connectivity index (χ0) is 30.3. The molecule has 1 aliphatic heterocycles. The second-order valence-electron chi connectivity index (χ2n) is 11.2. The number of nitrogens with one attached hydrogen (secondary N) is 3. The fourth-order valence-corrected chi connectivity index (χ4v) is 5.93. The molecule has 0 spiro atoms. The number of aromatic amines is 1. The van der Waals surface area contributed by atoms with Crippen LogP contribution in [0.1, 0.15) is 42.8 Å². The van der Waals surface area contributed by atoms with Crippen molar-refractivity contribution in [1.82, 2.24) is 14.9 Å². The lowest BCUT2D eigenvalue weighted by atomic mass is 9.73. The number of halogens is 1. The molecular formula is C31H34BrN7O3+2. The van der Waals surface area contributed by atoms with Crippen LogP contribution < -0.4 is 21.0 Å². The molecule has 2 aromatic heterocycles. The summed E-state index contributed by atoms with van der Waals surface area (Å²) in [6, 6.07) is 6.58. The van der Waals surface area contributed by atoms with E-state index in [9.17, 15) is 14.4 Å². The lowest BCUT2D eigenvalue weighted by Gasteiger charge is -2.38. The number of hydrogen-bond donors (Lipinski definition) is 3. The first-order chi connectivity index (χ1) is 19.9. The van der Waals surface area contributed by atoms with Crippen LogP contribution in [0.3, 0.4) is 0 Å². The fraction of sp³-hybridized carbons (Fsp3) is 0.323. The van der Waals surface area contributed by atoms with Crippen LogP contribution in [0.15, 0.2) is 53.4 Å². The Morgan fingerprint density at radius 1 is 1.17 bits per heavy atom. The molecule has 3 heterocycles. The van der Waals surface area contributed by atoms with Crippen LogP contribution in [0, 0.1) is 26.2 Å². The summed E-state index contributed by atoms with van der Waals surface area (Å²) >= 11 is 3.35. The number of ketones is 1. The number of aryl methyl sites for hydroxylation is 3. The van der Waals surface area contributed by atoms with E-state index >= 15 is 0 Å². The molecule has 216 valence electrons. The first-order valence-electron chi connectivity index (χ1n) is 13.7. The minimum absolute atomic E-state index is 0.0867. The van der Waals surface area contributed by atoms with E-state index in [0.717, 1.165) is 28.1 Å². The molecule has 10 nitrogen and oxygen atoms in total. The van der Waals surface area contributed by atoms with E-state index in [1.54, 1.807) is 11.1 Å². The Balaban J connectivity index is 1.40. The molecule has 0 radical (unpaired) electrons. The van der Waals surface area contributed by atoms with E-state index in [-0.39, 0.29) is 41.3 Å². The van der Waals surface area contributed by atoms with Crippen molar-refractivity contribution in [3.8, 4) is 11.1 Å². The lowest BCUT2D eigenvalue weighted by Crippen LogP contribution is -2.51. The molecule has 2 amide bonds. The van der Waals surface area contributed by atoms with Crippen LogP contribution in [0.25, 0.3) is 11.1 Å². The Morgan fingerprint density at radius 3 is 2.57 bits per heavy atom. The van der Waals surface area contributed by atoms with Crippen molar-refractivity contribution >= 4 is 50.7 Å². The number of Topliss-reactive ketones (excluding diaryl/α,β-unsaturated/α-hetero) is 1. The summed E-state index contributed by atoms with van der Waals surface area (Å²) in [5.74, 6) is 0.428. The summed E-state index contributed by atoms with van der Waals surface area (Å²) in [5, 5.41) is 12.4. The first-order valence-corrected chi connectivity index (χ1v) is 14.5. The minimum atomic E-state index is -0.674. The van der Waals surface area contributed by atoms with Crippen LogP contribution in [-0.2, 0) is 14.4 Å². The second-order valence-corrected chi connectivity index (χ2v) is 12.1. The number of benzene rings is 1. The molecule has 42 heavy (non-hydrogen) atoms. The van der Waals surface area contributed by atoms with Gasteiger partial charge in [-0.05, 0) is 71.1 Å². The van der Waals surface area contributed by atoms with Gasteiger partial charge in [0.1, 0.15) is 16.5 Å². The Morgan fingerprint density at radius 2 is 1.93 bits per heavy atom. The maximum absolute atomic E-state index is 13.8. The number of H-pyrrole nitrogens is 1. The monoisotopic (exact) mass is 631 g/mol. The number of likely N-dealkylation sites (tertiary alicyclic amines) is 1. The molecule has 3 atom stereocenters. The molecule has 0 bridgehead atoms. The molecule has 1 fully saturated rings. The number of anilines is 2. The maximum atomic E-state index is 13.8. The van der Waals surface area contributed by atoms with Gasteiger partial charge in [-0.25, -0.2) is 9.97 Å². The molecule has 5 N–H and O–H groups in total. The normalized spacial score (nSPS) is 20.5. The van der Waals surface area contributed by atoms with Gasteiger partial charge in [-0.15, -0.1) is 0 Å². The van der Waals surface area contributed by atoms with E-state index in [2.05, 4.69) is 54.5 Å². The molecule has 11 heteroatoms. The standard InChI is InChI=1S/C31H32BrN7O3/c1-16-6-7-25(32)37-29(16)38-30(42)23-12-31(5)9-8-24(31)39(23)26(41)15-36-28-17(2)10-20(11-22(28)27(33)18(3)40)21-13-34-19(4)35-14-21/h6-11,13-14,23-24,33,36H,12,15H2,1-5H3,(H,37,38,42)/p+2/t23-,24+,31+/m0/s1. The summed E-state index contributed by atoms with van der Waals surface area (Å²) in [5.41, 5.74) is 4.18. The topological polar surface area (TPSA) is 144 Å². The number of pyridine rings is 1. The van der Waals surface area contributed by atoms with E-state index in [0.29, 0.717) is 28.1 Å². The molecule has 2 aliphatic rings. The average Bonchev–Trinajstić information content (AvgIpc) is 3.15. The smallest absolute Gasteiger partial charge is 0.293 e. The molecule has 1 saturated heterocycles. The molecule has 3 aromatic rings. The number of amides is 2. The minimum Gasteiger partial charge on any atom is -0.375 e. The molecular weight excluding hydrogens is 598 g/mol. The average molecular weight is 633 g/mol. The summed E-state index contributed by atoms with van der Waals surface area (Å²) in [4.78, 5) is 53.1. The third-order valence-corrected chi connectivity index (χ3v) is 8.53. The van der Waals surface area contributed by atoms with E-state index in [4.69, 9.17) is 5.41 Å². The molecule has 0 saturated carbocycles. The van der Waals surface area contributed by atoms with Gasteiger partial charge in [0, 0.05) is 19.3 Å². The van der Waals surface area contributed by atoms with Gasteiger partial charge in [-0.2, -0.15) is 0 Å². The predicted molar refractivity (Wildman–Crippen MR) is 162 cm³/mol. The first kappa shape index (κ1) is 29.2. The summed E-state index contributed by atoms with van der Waals surface area (Å²) in [6.45, 7) is 9.00. The predicted octanol–water partition coefficient (Wildman–Crippen LogP) is 2.38. The highest BCUT2D eigenvalue weighted by atomic mass is 79.9. The van der Waals surface area contributed by atoms with E-state index < -0.39 is 6.04 Å². The van der Waals surface area contributed by atoms with Crippen LogP contribution in [-0.4, -0.2) is 56.8 Å². The SMILES string of the molecule is CC(=O)C(=[NH2+])c1cc(-c2cnc(C)[nH+]c2)cc(C)c1NCC(=O)N1[C@H](C(=O)Nc2nc(Br)ccc2C)C[C@@]2(C)C=C[C@@H]12. The van der Waals surface area contributed by atoms with Crippen molar-refractivity contribution in [3.05, 3.63) is 75.9 Å². The molecule has 0 unspecified atom stereocenters. The lowest BCUT2D eigenvalue weighted by molar-refractivity contribution is -0.392. The van der Waals surface area contributed by atoms with Crippen LogP contribution in [0.4, 0.5) is 11.5 Å². The number of nitrogens with two attached hydrogens (primary N) is 1. The third-order valence-electron chi connectivity index (χ3n) is 8.09. The summed E-state index contributed by atoms with van der Waals surface area (Å²) in [7, 11) is 0. The summed E-state index contributed by atoms with van der Waals surface area (Å²) < 4.78 is 0.608. The van der Waals surface area contributed by atoms with Crippen molar-refractivity contribution in [3.63, 3.8) is 0 Å². The summed E-state index contributed by atoms with van der Waals surface area (Å²) in [6.07, 6.45) is 8.12. The number of carbonyl (C=O) groups is 3. The van der Waals surface area contributed by atoms with Crippen LogP contribution >= 0.6 is 15.9 Å². The van der Waals surface area contributed by atoms with Gasteiger partial charge < -0.3 is 15.5 Å². The Labute approximate surface area is 252 Å². The van der Waals surface area contributed by atoms with Crippen molar-refractivity contribution < 1.29 is 24.8 Å². The highest BCUT2D eigenvalue weighted by molar-refractivity contribution is 9.10. The van der Waals surface area contributed by atoms with Gasteiger partial charge >= 0.3 is 0 Å². The van der Waals surface area contributed by atoms with Gasteiger partial charge in [-0.3, -0.25) is 19.8 Å². The molecule has 5 rings (SSSR count). The van der Waals surface area contributed by atoms with Crippen LogP contribution in [0.5, 0.6) is 0 Å². The Bertz CT molecular complexity index is 1650. The van der Waals surface area contributed by atoms with Gasteiger partial charge in [0.15, 0.2) is 6.20 Å². The number of aromatic nitrogens is 3. The van der Waals surface area contributed by atoms with Gasteiger partial charge in [0.2, 0.25) is 23.3 Å². The number of hydrogen-bond acceptors (Lipinski definition) is 6. The van der Waals surface area contributed by atoms with Gasteiger partial charge in [0.25, 0.3) is 5.82 Å². The van der Waals surface area contributed by atoms with Gasteiger partial charge in [-0.1, -0.05) is 30.1 Å². The zero-order valence-corrected chi connectivity index (χ0v) is 25.8. The highest BCUT2D eigenvalue weighted by Crippen LogP contribution is 2.48. The number of fused-ring (bicyclic) bond motifs is 1. The van der Waals surface area contributed by atoms with Gasteiger partial charge in [0.05, 0.1) is 35.6 Å². The third kappa shape index (κ3) is 5.48. The van der Waals surface area contributed by atoms with Crippen molar-refractivity contribution in [2.24, 2.45) is 5.41 Å². The number of nitrogens with zero attached hydrogens (tertiary/aromatic N) is 3.